The summed E-state index contributed by atoms with van der Waals surface area (Å²) in [6, 6.07) is 10.3. The third kappa shape index (κ3) is 4.03. The second-order valence-electron chi connectivity index (χ2n) is 6.91. The fraction of sp³-hybridized carbons (Fsp3) is 0.333. The van der Waals surface area contributed by atoms with Crippen molar-refractivity contribution in [1.29, 1.82) is 0 Å². The van der Waals surface area contributed by atoms with Crippen molar-refractivity contribution < 1.29 is 22.8 Å². The molecule has 4 nitrogen and oxygen atoms in total. The van der Waals surface area contributed by atoms with Gasteiger partial charge in [-0.05, 0) is 42.7 Å². The summed E-state index contributed by atoms with van der Waals surface area (Å²) in [4.78, 5) is 26.3. The molecular weight excluding hydrogens is 369 g/mol. The van der Waals surface area contributed by atoms with Crippen LogP contribution in [0.2, 0.25) is 0 Å². The van der Waals surface area contributed by atoms with E-state index in [1.54, 1.807) is 0 Å². The fourth-order valence-corrected chi connectivity index (χ4v) is 3.41. The summed E-state index contributed by atoms with van der Waals surface area (Å²) in [7, 11) is 0. The van der Waals surface area contributed by atoms with Gasteiger partial charge in [-0.2, -0.15) is 13.2 Å². The van der Waals surface area contributed by atoms with Crippen molar-refractivity contribution in [2.45, 2.75) is 32.9 Å². The second-order valence-corrected chi connectivity index (χ2v) is 6.91. The molecule has 1 saturated heterocycles. The van der Waals surface area contributed by atoms with E-state index in [0.717, 1.165) is 35.4 Å². The number of carbonyl (C=O) groups excluding carboxylic acids is 2. The van der Waals surface area contributed by atoms with Crippen molar-refractivity contribution in [1.82, 2.24) is 0 Å². The molecule has 0 radical (unpaired) electrons. The molecule has 0 aliphatic carbocycles. The summed E-state index contributed by atoms with van der Waals surface area (Å²) in [6.45, 7) is 3.93. The van der Waals surface area contributed by atoms with Gasteiger partial charge in [0.15, 0.2) is 0 Å². The van der Waals surface area contributed by atoms with Crippen LogP contribution in [0.4, 0.5) is 24.5 Å². The van der Waals surface area contributed by atoms with Gasteiger partial charge in [0.1, 0.15) is 0 Å². The number of alkyl halides is 3. The lowest BCUT2D eigenvalue weighted by molar-refractivity contribution is -0.137. The first-order valence-corrected chi connectivity index (χ1v) is 9.07. The van der Waals surface area contributed by atoms with Crippen molar-refractivity contribution in [3.8, 4) is 0 Å². The molecule has 0 bridgehead atoms. The Kier molecular flexibility index (Phi) is 5.45. The topological polar surface area (TPSA) is 49.4 Å². The Morgan fingerprint density at radius 3 is 2.61 bits per heavy atom. The Morgan fingerprint density at radius 1 is 1.21 bits per heavy atom. The van der Waals surface area contributed by atoms with Crippen LogP contribution in [0.5, 0.6) is 0 Å². The van der Waals surface area contributed by atoms with Crippen LogP contribution < -0.4 is 10.2 Å². The number of amides is 2. The summed E-state index contributed by atoms with van der Waals surface area (Å²) in [5, 5.41) is 2.90. The Hall–Kier alpha value is -2.83. The second kappa shape index (κ2) is 7.66. The number of rotatable bonds is 4. The van der Waals surface area contributed by atoms with Crippen LogP contribution in [0, 0.1) is 12.8 Å². The number of aryl methyl sites for hydroxylation is 2. The van der Waals surface area contributed by atoms with E-state index in [0.29, 0.717) is 0 Å². The van der Waals surface area contributed by atoms with E-state index in [2.05, 4.69) is 5.32 Å². The third-order valence-corrected chi connectivity index (χ3v) is 4.97. The number of nitrogens with one attached hydrogen (secondary N) is 1. The molecule has 1 unspecified atom stereocenters. The lowest BCUT2D eigenvalue weighted by Gasteiger charge is -2.19. The Balaban J connectivity index is 1.77. The fourth-order valence-electron chi connectivity index (χ4n) is 3.41. The van der Waals surface area contributed by atoms with Crippen molar-refractivity contribution in [3.05, 3.63) is 59.2 Å². The summed E-state index contributed by atoms with van der Waals surface area (Å²) < 4.78 is 38.8. The van der Waals surface area contributed by atoms with E-state index >= 15 is 0 Å². The first-order chi connectivity index (χ1) is 13.2. The van der Waals surface area contributed by atoms with Crippen molar-refractivity contribution in [3.63, 3.8) is 0 Å². The lowest BCUT2D eigenvalue weighted by Crippen LogP contribution is -2.28. The average Bonchev–Trinajstić information content (AvgIpc) is 3.04. The van der Waals surface area contributed by atoms with Crippen molar-refractivity contribution >= 4 is 23.2 Å². The molecule has 2 aromatic rings. The van der Waals surface area contributed by atoms with Crippen molar-refractivity contribution in [2.75, 3.05) is 16.8 Å². The molecule has 1 aliphatic heterocycles. The SMILES string of the molecule is CCc1cccc(C)c1NC(=O)C1CC(=O)N(c2cccc(C(F)(F)F)c2)C1. The number of para-hydroxylation sites is 1. The van der Waals surface area contributed by atoms with Gasteiger partial charge in [0.05, 0.1) is 11.5 Å². The Bertz CT molecular complexity index is 909. The summed E-state index contributed by atoms with van der Waals surface area (Å²) >= 11 is 0. The van der Waals surface area contributed by atoms with E-state index < -0.39 is 17.7 Å². The molecule has 7 heteroatoms. The standard InChI is InChI=1S/C21H21F3N2O2/c1-3-14-7-4-6-13(2)19(14)25-20(28)15-10-18(27)26(12-15)17-9-5-8-16(11-17)21(22,23)24/h4-9,11,15H,3,10,12H2,1-2H3,(H,25,28). The van der Waals surface area contributed by atoms with Crippen LogP contribution in [-0.2, 0) is 22.2 Å². The first kappa shape index (κ1) is 19.9. The van der Waals surface area contributed by atoms with E-state index in [-0.39, 0.29) is 30.5 Å². The zero-order valence-corrected chi connectivity index (χ0v) is 15.6. The molecule has 2 amide bonds. The minimum Gasteiger partial charge on any atom is -0.325 e. The maximum absolute atomic E-state index is 12.9. The smallest absolute Gasteiger partial charge is 0.325 e. The van der Waals surface area contributed by atoms with E-state index in [9.17, 15) is 22.8 Å². The van der Waals surface area contributed by atoms with Gasteiger partial charge in [0.25, 0.3) is 0 Å². The van der Waals surface area contributed by atoms with Gasteiger partial charge in [0, 0.05) is 24.3 Å². The largest absolute Gasteiger partial charge is 0.416 e. The van der Waals surface area contributed by atoms with Crippen LogP contribution in [0.1, 0.15) is 30.0 Å². The zero-order chi connectivity index (χ0) is 20.5. The Labute approximate surface area is 161 Å². The third-order valence-electron chi connectivity index (χ3n) is 4.97. The highest BCUT2D eigenvalue weighted by molar-refractivity contribution is 6.04. The van der Waals surface area contributed by atoms with E-state index in [1.165, 1.54) is 17.0 Å². The van der Waals surface area contributed by atoms with Crippen LogP contribution in [-0.4, -0.2) is 18.4 Å². The quantitative estimate of drug-likeness (QED) is 0.832. The number of nitrogens with zero attached hydrogens (tertiary/aromatic N) is 1. The molecule has 0 spiro atoms. The van der Waals surface area contributed by atoms with Gasteiger partial charge in [-0.3, -0.25) is 9.59 Å². The predicted octanol–water partition coefficient (Wildman–Crippen LogP) is 4.57. The highest BCUT2D eigenvalue weighted by Crippen LogP contribution is 2.34. The number of halogens is 3. The number of carbonyl (C=O) groups is 2. The monoisotopic (exact) mass is 390 g/mol. The molecule has 0 aromatic heterocycles. The van der Waals surface area contributed by atoms with Gasteiger partial charge in [-0.25, -0.2) is 0 Å². The number of hydrogen-bond acceptors (Lipinski definition) is 2. The molecular formula is C21H21F3N2O2. The average molecular weight is 390 g/mol. The molecule has 1 fully saturated rings. The molecule has 1 aliphatic rings. The van der Waals surface area contributed by atoms with Crippen LogP contribution >= 0.6 is 0 Å². The number of benzene rings is 2. The molecule has 28 heavy (non-hydrogen) atoms. The molecule has 1 atom stereocenters. The van der Waals surface area contributed by atoms with Gasteiger partial charge in [0.2, 0.25) is 11.8 Å². The molecule has 1 N–H and O–H groups in total. The molecule has 148 valence electrons. The van der Waals surface area contributed by atoms with Gasteiger partial charge < -0.3 is 10.2 Å². The summed E-state index contributed by atoms with van der Waals surface area (Å²) in [5.74, 6) is -1.28. The predicted molar refractivity (Wildman–Crippen MR) is 101 cm³/mol. The molecule has 0 saturated carbocycles. The lowest BCUT2D eigenvalue weighted by atomic mass is 10.0. The summed E-state index contributed by atoms with van der Waals surface area (Å²) in [6.07, 6.45) is -3.77. The Morgan fingerprint density at radius 2 is 1.93 bits per heavy atom. The van der Waals surface area contributed by atoms with Crippen LogP contribution in [0.15, 0.2) is 42.5 Å². The van der Waals surface area contributed by atoms with E-state index in [1.807, 2.05) is 32.0 Å². The minimum absolute atomic E-state index is 0.0323. The molecule has 2 aromatic carbocycles. The highest BCUT2D eigenvalue weighted by atomic mass is 19.4. The van der Waals surface area contributed by atoms with Crippen LogP contribution in [0.3, 0.4) is 0 Å². The van der Waals surface area contributed by atoms with E-state index in [4.69, 9.17) is 0 Å². The van der Waals surface area contributed by atoms with Gasteiger partial charge >= 0.3 is 6.18 Å². The minimum atomic E-state index is -4.49. The summed E-state index contributed by atoms with van der Waals surface area (Å²) in [5.41, 5.74) is 1.98. The van der Waals surface area contributed by atoms with Crippen LogP contribution in [0.25, 0.3) is 0 Å². The van der Waals surface area contributed by atoms with Crippen molar-refractivity contribution in [2.24, 2.45) is 5.92 Å². The highest BCUT2D eigenvalue weighted by Gasteiger charge is 2.37. The normalized spacial score (nSPS) is 17.1. The maximum atomic E-state index is 12.9. The molecule has 1 heterocycles. The zero-order valence-electron chi connectivity index (χ0n) is 15.6. The van der Waals surface area contributed by atoms with Gasteiger partial charge in [-0.1, -0.05) is 31.2 Å². The first-order valence-electron chi connectivity index (χ1n) is 9.07. The molecule has 3 rings (SSSR count). The number of hydrogen-bond donors (Lipinski definition) is 1. The van der Waals surface area contributed by atoms with Gasteiger partial charge in [-0.15, -0.1) is 0 Å². The number of anilines is 2. The maximum Gasteiger partial charge on any atom is 0.416 e.